The molecule has 0 saturated carbocycles. The number of H-pyrrole nitrogens is 1. The monoisotopic (exact) mass is 278 g/mol. The SMILES string of the molecule is CC(CNS(=O)(=O)c1ccc(=O)[nH]c1)S(C)=O. The van der Waals surface area contributed by atoms with Crippen molar-refractivity contribution < 1.29 is 12.6 Å². The standard InChI is InChI=1S/C9H14N2O4S2/c1-7(16(2)13)5-11-17(14,15)8-3-4-9(12)10-6-8/h3-4,6-7,11H,5H2,1-2H3,(H,10,12). The van der Waals surface area contributed by atoms with Crippen molar-refractivity contribution in [1.29, 1.82) is 0 Å². The smallest absolute Gasteiger partial charge is 0.247 e. The van der Waals surface area contributed by atoms with E-state index in [1.54, 1.807) is 6.92 Å². The molecule has 96 valence electrons. The number of pyridine rings is 1. The highest BCUT2D eigenvalue weighted by Crippen LogP contribution is 2.04. The van der Waals surface area contributed by atoms with E-state index < -0.39 is 20.8 Å². The quantitative estimate of drug-likeness (QED) is 0.753. The van der Waals surface area contributed by atoms with Gasteiger partial charge in [0.15, 0.2) is 0 Å². The highest BCUT2D eigenvalue weighted by atomic mass is 32.2. The summed E-state index contributed by atoms with van der Waals surface area (Å²) in [5, 5.41) is -0.271. The zero-order valence-electron chi connectivity index (χ0n) is 9.47. The van der Waals surface area contributed by atoms with Gasteiger partial charge in [-0.2, -0.15) is 0 Å². The second-order valence-corrected chi connectivity index (χ2v) is 7.12. The van der Waals surface area contributed by atoms with Gasteiger partial charge in [0.05, 0.1) is 4.90 Å². The zero-order valence-corrected chi connectivity index (χ0v) is 11.1. The maximum atomic E-state index is 11.7. The molecule has 0 aliphatic heterocycles. The lowest BCUT2D eigenvalue weighted by Gasteiger charge is -2.10. The molecule has 2 atom stereocenters. The third-order valence-corrected chi connectivity index (χ3v) is 4.91. The Morgan fingerprint density at radius 1 is 1.47 bits per heavy atom. The summed E-state index contributed by atoms with van der Waals surface area (Å²) in [6.45, 7) is 1.77. The molecule has 0 fully saturated rings. The van der Waals surface area contributed by atoms with Gasteiger partial charge in [-0.3, -0.25) is 9.00 Å². The van der Waals surface area contributed by atoms with E-state index in [9.17, 15) is 17.4 Å². The molecule has 0 saturated heterocycles. The van der Waals surface area contributed by atoms with Crippen LogP contribution >= 0.6 is 0 Å². The molecule has 6 nitrogen and oxygen atoms in total. The predicted molar refractivity (Wildman–Crippen MR) is 65.8 cm³/mol. The number of hydrogen-bond acceptors (Lipinski definition) is 4. The largest absolute Gasteiger partial charge is 0.328 e. The number of aromatic amines is 1. The van der Waals surface area contributed by atoms with Crippen LogP contribution in [0.4, 0.5) is 0 Å². The minimum Gasteiger partial charge on any atom is -0.328 e. The maximum Gasteiger partial charge on any atom is 0.247 e. The van der Waals surface area contributed by atoms with Crippen LogP contribution in [0.25, 0.3) is 0 Å². The Labute approximate surface area is 102 Å². The van der Waals surface area contributed by atoms with Gasteiger partial charge >= 0.3 is 0 Å². The lowest BCUT2D eigenvalue weighted by molar-refractivity contribution is 0.580. The average Bonchev–Trinajstić information content (AvgIpc) is 2.26. The Balaban J connectivity index is 2.79. The predicted octanol–water partition coefficient (Wildman–Crippen LogP) is -0.580. The van der Waals surface area contributed by atoms with Gasteiger partial charge < -0.3 is 4.98 Å². The zero-order chi connectivity index (χ0) is 13.1. The summed E-state index contributed by atoms with van der Waals surface area (Å²) < 4.78 is 36.9. The fraction of sp³-hybridized carbons (Fsp3) is 0.444. The number of aromatic nitrogens is 1. The molecule has 2 N–H and O–H groups in total. The fourth-order valence-corrected chi connectivity index (χ4v) is 2.51. The van der Waals surface area contributed by atoms with E-state index in [1.165, 1.54) is 12.3 Å². The summed E-state index contributed by atoms with van der Waals surface area (Å²) in [5.41, 5.74) is -0.369. The van der Waals surface area contributed by atoms with Crippen molar-refractivity contribution in [2.24, 2.45) is 0 Å². The number of rotatable bonds is 5. The van der Waals surface area contributed by atoms with Crippen LogP contribution < -0.4 is 10.3 Å². The highest BCUT2D eigenvalue weighted by molar-refractivity contribution is 7.89. The Kier molecular flexibility index (Phi) is 4.61. The van der Waals surface area contributed by atoms with Crippen molar-refractivity contribution >= 4 is 20.8 Å². The molecular formula is C9H14N2O4S2. The molecule has 2 unspecified atom stereocenters. The molecule has 0 amide bonds. The Morgan fingerprint density at radius 2 is 2.12 bits per heavy atom. The van der Waals surface area contributed by atoms with Gasteiger partial charge in [-0.1, -0.05) is 0 Å². The molecule has 0 spiro atoms. The molecular weight excluding hydrogens is 264 g/mol. The third kappa shape index (κ3) is 4.06. The number of nitrogens with one attached hydrogen (secondary N) is 2. The molecule has 0 aromatic carbocycles. The highest BCUT2D eigenvalue weighted by Gasteiger charge is 2.16. The van der Waals surface area contributed by atoms with Crippen molar-refractivity contribution in [3.8, 4) is 0 Å². The molecule has 1 aromatic heterocycles. The first kappa shape index (κ1) is 14.1. The van der Waals surface area contributed by atoms with Crippen molar-refractivity contribution in [2.75, 3.05) is 12.8 Å². The van der Waals surface area contributed by atoms with E-state index in [2.05, 4.69) is 9.71 Å². The van der Waals surface area contributed by atoms with Crippen LogP contribution in [0.1, 0.15) is 6.92 Å². The van der Waals surface area contributed by atoms with Crippen molar-refractivity contribution in [3.63, 3.8) is 0 Å². The third-order valence-electron chi connectivity index (χ3n) is 2.19. The first-order valence-electron chi connectivity index (χ1n) is 4.83. The van der Waals surface area contributed by atoms with E-state index in [1.807, 2.05) is 0 Å². The van der Waals surface area contributed by atoms with Crippen LogP contribution in [0.15, 0.2) is 28.0 Å². The minimum absolute atomic E-state index is 0.0221. The van der Waals surface area contributed by atoms with Crippen molar-refractivity contribution in [1.82, 2.24) is 9.71 Å². The number of sulfonamides is 1. The lowest BCUT2D eigenvalue weighted by atomic mass is 10.5. The Morgan fingerprint density at radius 3 is 2.59 bits per heavy atom. The second kappa shape index (κ2) is 5.56. The van der Waals surface area contributed by atoms with Gasteiger partial charge in [0.25, 0.3) is 0 Å². The van der Waals surface area contributed by atoms with Crippen molar-refractivity contribution in [2.45, 2.75) is 17.1 Å². The molecule has 8 heteroatoms. The first-order valence-corrected chi connectivity index (χ1v) is 7.94. The number of hydrogen-bond donors (Lipinski definition) is 2. The van der Waals surface area contributed by atoms with Gasteiger partial charge in [0.1, 0.15) is 0 Å². The van der Waals surface area contributed by atoms with Crippen molar-refractivity contribution in [3.05, 3.63) is 28.7 Å². The second-order valence-electron chi connectivity index (χ2n) is 3.55. The van der Waals surface area contributed by atoms with Crippen LogP contribution in [0.3, 0.4) is 0 Å². The van der Waals surface area contributed by atoms with Gasteiger partial charge in [0, 0.05) is 41.1 Å². The summed E-state index contributed by atoms with van der Waals surface area (Å²) in [4.78, 5) is 13.1. The van der Waals surface area contributed by atoms with Gasteiger partial charge in [0.2, 0.25) is 15.6 Å². The van der Waals surface area contributed by atoms with Gasteiger partial charge in [-0.25, -0.2) is 13.1 Å². The minimum atomic E-state index is -3.66. The van der Waals surface area contributed by atoms with Crippen LogP contribution in [0, 0.1) is 0 Å². The molecule has 17 heavy (non-hydrogen) atoms. The van der Waals surface area contributed by atoms with Crippen LogP contribution in [0.5, 0.6) is 0 Å². The fourth-order valence-electron chi connectivity index (χ4n) is 0.991. The van der Waals surface area contributed by atoms with Gasteiger partial charge in [-0.05, 0) is 13.0 Å². The summed E-state index contributed by atoms with van der Waals surface area (Å²) in [7, 11) is -4.75. The maximum absolute atomic E-state index is 11.7. The topological polar surface area (TPSA) is 96.1 Å². The van der Waals surface area contributed by atoms with E-state index in [4.69, 9.17) is 0 Å². The van der Waals surface area contributed by atoms with Crippen LogP contribution in [-0.2, 0) is 20.8 Å². The summed E-state index contributed by atoms with van der Waals surface area (Å²) >= 11 is 0. The van der Waals surface area contributed by atoms with E-state index in [-0.39, 0.29) is 22.2 Å². The molecule has 1 rings (SSSR count). The summed E-state index contributed by atoms with van der Waals surface area (Å²) in [6, 6.07) is 2.35. The van der Waals surface area contributed by atoms with E-state index in [0.29, 0.717) is 0 Å². The summed E-state index contributed by atoms with van der Waals surface area (Å²) in [6.07, 6.45) is 2.64. The Bertz CT molecular complexity index is 544. The Hall–Kier alpha value is -0.990. The van der Waals surface area contributed by atoms with Gasteiger partial charge in [-0.15, -0.1) is 0 Å². The molecule has 1 aromatic rings. The van der Waals surface area contributed by atoms with E-state index in [0.717, 1.165) is 12.3 Å². The molecule has 0 radical (unpaired) electrons. The molecule has 1 heterocycles. The first-order chi connectivity index (χ1) is 7.83. The molecule has 0 aliphatic rings. The average molecular weight is 278 g/mol. The van der Waals surface area contributed by atoms with Crippen LogP contribution in [0.2, 0.25) is 0 Å². The van der Waals surface area contributed by atoms with E-state index >= 15 is 0 Å². The summed E-state index contributed by atoms with van der Waals surface area (Å²) in [5.74, 6) is 0. The van der Waals surface area contributed by atoms with Crippen LogP contribution in [-0.4, -0.2) is 35.7 Å². The molecule has 0 bridgehead atoms. The lowest BCUT2D eigenvalue weighted by Crippen LogP contribution is -2.32. The normalized spacial score (nSPS) is 15.4. The molecule has 0 aliphatic carbocycles.